The van der Waals surface area contributed by atoms with Crippen molar-refractivity contribution in [3.05, 3.63) is 102 Å². The van der Waals surface area contributed by atoms with Gasteiger partial charge in [-0.05, 0) is 41.5 Å². The standard InChI is InChI=1S/C28H28N2OS/c1-20(21-11-5-3-6-12-21)19-29-28(31)26-23-15-9-10-16-25(23)30-27(24(26)17-18-32-2)22-13-7-4-8-14-22/h3-16,20H,17-19H2,1-2H3,(H,29,31). The molecule has 0 aliphatic carbocycles. The van der Waals surface area contributed by atoms with Gasteiger partial charge in [-0.25, -0.2) is 4.98 Å². The van der Waals surface area contributed by atoms with E-state index in [1.807, 2.05) is 60.7 Å². The van der Waals surface area contributed by atoms with Crippen molar-refractivity contribution in [2.75, 3.05) is 18.6 Å². The van der Waals surface area contributed by atoms with Crippen molar-refractivity contribution in [2.45, 2.75) is 19.3 Å². The average molecular weight is 441 g/mol. The Balaban J connectivity index is 1.76. The SMILES string of the molecule is CSCCc1c(-c2ccccc2)nc2ccccc2c1C(=O)NCC(C)c1ccccc1. The second kappa shape index (κ2) is 10.5. The first-order valence-corrected chi connectivity index (χ1v) is 12.4. The van der Waals surface area contributed by atoms with Gasteiger partial charge in [-0.15, -0.1) is 0 Å². The molecule has 3 nitrogen and oxygen atoms in total. The first kappa shape index (κ1) is 22.1. The van der Waals surface area contributed by atoms with Crippen molar-refractivity contribution >= 4 is 28.6 Å². The molecule has 0 fully saturated rings. The Labute approximate surface area is 194 Å². The molecule has 162 valence electrons. The lowest BCUT2D eigenvalue weighted by molar-refractivity contribution is 0.0952. The summed E-state index contributed by atoms with van der Waals surface area (Å²) in [7, 11) is 0. The summed E-state index contributed by atoms with van der Waals surface area (Å²) in [4.78, 5) is 18.6. The normalized spacial score (nSPS) is 11.9. The zero-order valence-electron chi connectivity index (χ0n) is 18.5. The van der Waals surface area contributed by atoms with Crippen LogP contribution in [0.4, 0.5) is 0 Å². The minimum Gasteiger partial charge on any atom is -0.351 e. The number of benzene rings is 3. The Hall–Kier alpha value is -3.11. The third-order valence-corrected chi connectivity index (χ3v) is 6.37. The summed E-state index contributed by atoms with van der Waals surface area (Å²) in [6.45, 7) is 2.73. The summed E-state index contributed by atoms with van der Waals surface area (Å²) in [6, 6.07) is 28.4. The molecule has 32 heavy (non-hydrogen) atoms. The topological polar surface area (TPSA) is 42.0 Å². The maximum atomic E-state index is 13.6. The molecule has 0 aliphatic rings. The molecule has 0 saturated carbocycles. The number of hydrogen-bond donors (Lipinski definition) is 1. The Morgan fingerprint density at radius 3 is 2.31 bits per heavy atom. The number of hydrogen-bond acceptors (Lipinski definition) is 3. The number of nitrogens with zero attached hydrogens (tertiary/aromatic N) is 1. The molecule has 0 aliphatic heterocycles. The van der Waals surface area contributed by atoms with Crippen molar-refractivity contribution in [1.82, 2.24) is 10.3 Å². The molecule has 1 unspecified atom stereocenters. The van der Waals surface area contributed by atoms with E-state index in [1.165, 1.54) is 5.56 Å². The number of fused-ring (bicyclic) bond motifs is 1. The summed E-state index contributed by atoms with van der Waals surface area (Å²) in [5.41, 5.74) is 5.79. The van der Waals surface area contributed by atoms with E-state index in [0.29, 0.717) is 6.54 Å². The number of pyridine rings is 1. The molecule has 4 aromatic rings. The van der Waals surface area contributed by atoms with E-state index in [4.69, 9.17) is 4.98 Å². The summed E-state index contributed by atoms with van der Waals surface area (Å²) < 4.78 is 0. The summed E-state index contributed by atoms with van der Waals surface area (Å²) >= 11 is 1.78. The number of nitrogens with one attached hydrogen (secondary N) is 1. The highest BCUT2D eigenvalue weighted by atomic mass is 32.2. The smallest absolute Gasteiger partial charge is 0.252 e. The van der Waals surface area contributed by atoms with Gasteiger partial charge in [0.15, 0.2) is 0 Å². The van der Waals surface area contributed by atoms with Gasteiger partial charge in [0.25, 0.3) is 5.91 Å². The molecule has 1 amide bonds. The minimum atomic E-state index is -0.0281. The van der Waals surface area contributed by atoms with Crippen molar-refractivity contribution in [1.29, 1.82) is 0 Å². The lowest BCUT2D eigenvalue weighted by atomic mass is 9.94. The quantitative estimate of drug-likeness (QED) is 0.348. The number of thioether (sulfide) groups is 1. The van der Waals surface area contributed by atoms with E-state index >= 15 is 0 Å². The molecule has 4 rings (SSSR count). The summed E-state index contributed by atoms with van der Waals surface area (Å²) in [5.74, 6) is 1.14. The highest BCUT2D eigenvalue weighted by molar-refractivity contribution is 7.98. The third kappa shape index (κ3) is 4.86. The van der Waals surface area contributed by atoms with E-state index in [2.05, 4.69) is 42.8 Å². The van der Waals surface area contributed by atoms with Crippen LogP contribution >= 0.6 is 11.8 Å². The largest absolute Gasteiger partial charge is 0.351 e. The molecule has 1 atom stereocenters. The monoisotopic (exact) mass is 440 g/mol. The fourth-order valence-corrected chi connectivity index (χ4v) is 4.43. The van der Waals surface area contributed by atoms with Gasteiger partial charge in [-0.3, -0.25) is 4.79 Å². The second-order valence-corrected chi connectivity index (χ2v) is 8.95. The third-order valence-electron chi connectivity index (χ3n) is 5.76. The number of para-hydroxylation sites is 1. The Morgan fingerprint density at radius 1 is 0.938 bits per heavy atom. The Kier molecular flexibility index (Phi) is 7.23. The molecule has 0 spiro atoms. The van der Waals surface area contributed by atoms with Gasteiger partial charge in [0.2, 0.25) is 0 Å². The van der Waals surface area contributed by atoms with Gasteiger partial charge in [0, 0.05) is 17.5 Å². The highest BCUT2D eigenvalue weighted by Gasteiger charge is 2.21. The molecular weight excluding hydrogens is 412 g/mol. The Morgan fingerprint density at radius 2 is 1.59 bits per heavy atom. The number of amides is 1. The van der Waals surface area contributed by atoms with Crippen molar-refractivity contribution in [2.24, 2.45) is 0 Å². The van der Waals surface area contributed by atoms with Crippen LogP contribution in [0.25, 0.3) is 22.2 Å². The van der Waals surface area contributed by atoms with E-state index in [9.17, 15) is 4.79 Å². The van der Waals surface area contributed by atoms with Crippen LogP contribution in [-0.4, -0.2) is 29.4 Å². The van der Waals surface area contributed by atoms with Crippen LogP contribution in [-0.2, 0) is 6.42 Å². The number of carbonyl (C=O) groups excluding carboxylic acids is 1. The van der Waals surface area contributed by atoms with E-state index < -0.39 is 0 Å². The summed E-state index contributed by atoms with van der Waals surface area (Å²) in [5, 5.41) is 4.12. The van der Waals surface area contributed by atoms with Crippen LogP contribution in [0.1, 0.15) is 34.3 Å². The van der Waals surface area contributed by atoms with Gasteiger partial charge < -0.3 is 5.32 Å². The van der Waals surface area contributed by atoms with Gasteiger partial charge >= 0.3 is 0 Å². The van der Waals surface area contributed by atoms with Crippen LogP contribution < -0.4 is 5.32 Å². The van der Waals surface area contributed by atoms with Crippen molar-refractivity contribution in [3.63, 3.8) is 0 Å². The van der Waals surface area contributed by atoms with Crippen LogP contribution in [0, 0.1) is 0 Å². The van der Waals surface area contributed by atoms with Crippen LogP contribution in [0.2, 0.25) is 0 Å². The van der Waals surface area contributed by atoms with E-state index in [-0.39, 0.29) is 11.8 Å². The first-order valence-electron chi connectivity index (χ1n) is 11.0. The molecule has 3 aromatic carbocycles. The van der Waals surface area contributed by atoms with Gasteiger partial charge in [0.1, 0.15) is 0 Å². The lowest BCUT2D eigenvalue weighted by Gasteiger charge is -2.19. The van der Waals surface area contributed by atoms with Crippen LogP contribution in [0.3, 0.4) is 0 Å². The van der Waals surface area contributed by atoms with Gasteiger partial charge in [-0.2, -0.15) is 11.8 Å². The number of rotatable bonds is 8. The van der Waals surface area contributed by atoms with Crippen molar-refractivity contribution in [3.8, 4) is 11.3 Å². The van der Waals surface area contributed by atoms with Crippen molar-refractivity contribution < 1.29 is 4.79 Å². The lowest BCUT2D eigenvalue weighted by Crippen LogP contribution is -2.29. The minimum absolute atomic E-state index is 0.0281. The number of carbonyl (C=O) groups is 1. The predicted molar refractivity (Wildman–Crippen MR) is 136 cm³/mol. The molecular formula is C28H28N2OS. The fraction of sp³-hybridized carbons (Fsp3) is 0.214. The van der Waals surface area contributed by atoms with E-state index in [1.54, 1.807) is 11.8 Å². The molecule has 0 radical (unpaired) electrons. The first-order chi connectivity index (χ1) is 15.7. The Bertz CT molecular complexity index is 1190. The van der Waals surface area contributed by atoms with Gasteiger partial charge in [0.05, 0.1) is 16.8 Å². The molecule has 1 aromatic heterocycles. The second-order valence-electron chi connectivity index (χ2n) is 7.96. The van der Waals surface area contributed by atoms with Crippen LogP contribution in [0.5, 0.6) is 0 Å². The maximum Gasteiger partial charge on any atom is 0.252 e. The van der Waals surface area contributed by atoms with E-state index in [0.717, 1.165) is 45.5 Å². The van der Waals surface area contributed by atoms with Gasteiger partial charge in [-0.1, -0.05) is 85.8 Å². The molecule has 0 saturated heterocycles. The maximum absolute atomic E-state index is 13.6. The molecule has 0 bridgehead atoms. The molecule has 1 N–H and O–H groups in total. The average Bonchev–Trinajstić information content (AvgIpc) is 2.86. The van der Waals surface area contributed by atoms with Crippen LogP contribution in [0.15, 0.2) is 84.9 Å². The molecule has 4 heteroatoms. The summed E-state index contributed by atoms with van der Waals surface area (Å²) in [6.07, 6.45) is 2.89. The highest BCUT2D eigenvalue weighted by Crippen LogP contribution is 2.31. The predicted octanol–water partition coefficient (Wildman–Crippen LogP) is 6.34. The fourth-order valence-electron chi connectivity index (χ4n) is 4.03. The zero-order chi connectivity index (χ0) is 22.3. The molecule has 1 heterocycles. The zero-order valence-corrected chi connectivity index (χ0v) is 19.4. The number of aromatic nitrogens is 1.